The van der Waals surface area contributed by atoms with E-state index in [1.807, 2.05) is 5.38 Å². The minimum atomic E-state index is -3.58. The van der Waals surface area contributed by atoms with E-state index in [0.29, 0.717) is 49.6 Å². The largest absolute Gasteiger partial charge is 0.497 e. The van der Waals surface area contributed by atoms with Crippen molar-refractivity contribution in [1.82, 2.24) is 14.5 Å². The monoisotopic (exact) mass is 477 g/mol. The van der Waals surface area contributed by atoms with Crippen molar-refractivity contribution < 1.29 is 22.7 Å². The molecule has 0 unspecified atom stereocenters. The smallest absolute Gasteiger partial charge is 0.261 e. The van der Waals surface area contributed by atoms with Crippen LogP contribution in [0, 0.1) is 5.41 Å². The van der Waals surface area contributed by atoms with Gasteiger partial charge in [-0.25, -0.2) is 8.42 Å². The van der Waals surface area contributed by atoms with Crippen molar-refractivity contribution in [3.05, 3.63) is 46.7 Å². The summed E-state index contributed by atoms with van der Waals surface area (Å²) in [4.78, 5) is 27.3. The van der Waals surface area contributed by atoms with E-state index in [2.05, 4.69) is 5.32 Å². The second kappa shape index (κ2) is 9.21. The summed E-state index contributed by atoms with van der Waals surface area (Å²) in [7, 11) is -2.07. The summed E-state index contributed by atoms with van der Waals surface area (Å²) in [6.45, 7) is 2.07. The Labute approximate surface area is 192 Å². The minimum absolute atomic E-state index is 0.0246. The maximum Gasteiger partial charge on any atom is 0.261 e. The number of sulfonamides is 1. The molecule has 0 atom stereocenters. The normalized spacial score (nSPS) is 18.6. The predicted molar refractivity (Wildman–Crippen MR) is 121 cm³/mol. The molecule has 0 radical (unpaired) electrons. The standard InChI is InChI=1S/C22H27N3O5S2/c1-30-17-4-2-5-18(14-17)32(28,29)25-11-8-22(9-12-25)7-10-24(16-22)20(26)15-23-21(27)19-6-3-13-31-19/h2-6,13-14H,7-12,15-16H2,1H3,(H,23,27). The minimum Gasteiger partial charge on any atom is -0.497 e. The second-order valence-electron chi connectivity index (χ2n) is 8.31. The second-order valence-corrected chi connectivity index (χ2v) is 11.2. The summed E-state index contributed by atoms with van der Waals surface area (Å²) in [5.74, 6) is 0.173. The molecule has 1 aromatic heterocycles. The first-order chi connectivity index (χ1) is 15.3. The maximum atomic E-state index is 13.0. The van der Waals surface area contributed by atoms with Crippen molar-refractivity contribution >= 4 is 33.2 Å². The number of hydrogen-bond acceptors (Lipinski definition) is 6. The van der Waals surface area contributed by atoms with Crippen molar-refractivity contribution in [3.8, 4) is 5.75 Å². The number of ether oxygens (including phenoxy) is 1. The van der Waals surface area contributed by atoms with Crippen molar-refractivity contribution in [2.75, 3.05) is 39.8 Å². The van der Waals surface area contributed by atoms with Gasteiger partial charge < -0.3 is 15.0 Å². The molecule has 2 aromatic rings. The van der Waals surface area contributed by atoms with Crippen LogP contribution in [0.1, 0.15) is 28.9 Å². The third kappa shape index (κ3) is 4.67. The van der Waals surface area contributed by atoms with Crippen LogP contribution in [0.25, 0.3) is 0 Å². The Morgan fingerprint density at radius 1 is 1.12 bits per heavy atom. The number of likely N-dealkylation sites (tertiary alicyclic amines) is 1. The van der Waals surface area contributed by atoms with Gasteiger partial charge in [-0.2, -0.15) is 4.31 Å². The zero-order chi connectivity index (χ0) is 22.8. The molecule has 10 heteroatoms. The van der Waals surface area contributed by atoms with Gasteiger partial charge in [0, 0.05) is 32.2 Å². The molecule has 32 heavy (non-hydrogen) atoms. The van der Waals surface area contributed by atoms with E-state index in [4.69, 9.17) is 4.74 Å². The first-order valence-electron chi connectivity index (χ1n) is 10.6. The summed E-state index contributed by atoms with van der Waals surface area (Å²) in [5.41, 5.74) is -0.0617. The van der Waals surface area contributed by atoms with Gasteiger partial charge in [0.1, 0.15) is 5.75 Å². The highest BCUT2D eigenvalue weighted by atomic mass is 32.2. The fraction of sp³-hybridized carbons (Fsp3) is 0.455. The number of hydrogen-bond donors (Lipinski definition) is 1. The van der Waals surface area contributed by atoms with Crippen LogP contribution in [-0.2, 0) is 14.8 Å². The van der Waals surface area contributed by atoms with Crippen molar-refractivity contribution in [2.24, 2.45) is 5.41 Å². The van der Waals surface area contributed by atoms with Gasteiger partial charge in [-0.3, -0.25) is 9.59 Å². The summed E-state index contributed by atoms with van der Waals surface area (Å²) in [6.07, 6.45) is 2.27. The van der Waals surface area contributed by atoms with Crippen LogP contribution in [0.4, 0.5) is 0 Å². The van der Waals surface area contributed by atoms with E-state index >= 15 is 0 Å². The zero-order valence-electron chi connectivity index (χ0n) is 18.0. The number of piperidine rings is 1. The Kier molecular flexibility index (Phi) is 6.55. The lowest BCUT2D eigenvalue weighted by atomic mass is 9.78. The van der Waals surface area contributed by atoms with Gasteiger partial charge in [0.15, 0.2) is 0 Å². The Hall–Kier alpha value is -2.43. The number of thiophene rings is 1. The van der Waals surface area contributed by atoms with Crippen LogP contribution >= 0.6 is 11.3 Å². The van der Waals surface area contributed by atoms with E-state index in [9.17, 15) is 18.0 Å². The van der Waals surface area contributed by atoms with Gasteiger partial charge in [-0.15, -0.1) is 11.3 Å². The number of carbonyl (C=O) groups is 2. The van der Waals surface area contributed by atoms with Gasteiger partial charge in [-0.1, -0.05) is 12.1 Å². The van der Waals surface area contributed by atoms with Crippen molar-refractivity contribution in [2.45, 2.75) is 24.2 Å². The van der Waals surface area contributed by atoms with Crippen LogP contribution in [0.5, 0.6) is 5.75 Å². The molecule has 2 fully saturated rings. The number of nitrogens with zero attached hydrogens (tertiary/aromatic N) is 2. The number of benzene rings is 1. The van der Waals surface area contributed by atoms with E-state index < -0.39 is 10.0 Å². The lowest BCUT2D eigenvalue weighted by Gasteiger charge is -2.38. The van der Waals surface area contributed by atoms with E-state index in [1.54, 1.807) is 41.3 Å². The summed E-state index contributed by atoms with van der Waals surface area (Å²) >= 11 is 1.34. The molecule has 172 valence electrons. The molecule has 2 aliphatic rings. The zero-order valence-corrected chi connectivity index (χ0v) is 19.6. The molecule has 2 saturated heterocycles. The van der Waals surface area contributed by atoms with Gasteiger partial charge in [0.2, 0.25) is 15.9 Å². The molecule has 2 aliphatic heterocycles. The van der Waals surface area contributed by atoms with Crippen LogP contribution in [0.3, 0.4) is 0 Å². The highest BCUT2D eigenvalue weighted by Gasteiger charge is 2.44. The van der Waals surface area contributed by atoms with Crippen LogP contribution in [0.2, 0.25) is 0 Å². The first-order valence-corrected chi connectivity index (χ1v) is 12.9. The lowest BCUT2D eigenvalue weighted by Crippen LogP contribution is -2.45. The summed E-state index contributed by atoms with van der Waals surface area (Å²) < 4.78 is 32.8. The molecule has 0 aliphatic carbocycles. The number of methoxy groups -OCH3 is 1. The number of amides is 2. The van der Waals surface area contributed by atoms with E-state index in [1.165, 1.54) is 22.8 Å². The third-order valence-corrected chi connectivity index (χ3v) is 9.16. The van der Waals surface area contributed by atoms with Crippen LogP contribution in [-0.4, -0.2) is 69.3 Å². The van der Waals surface area contributed by atoms with E-state index in [-0.39, 0.29) is 28.7 Å². The highest BCUT2D eigenvalue weighted by Crippen LogP contribution is 2.41. The molecule has 0 saturated carbocycles. The lowest BCUT2D eigenvalue weighted by molar-refractivity contribution is -0.129. The molecular formula is C22H27N3O5S2. The fourth-order valence-corrected chi connectivity index (χ4v) is 6.55. The average Bonchev–Trinajstić information content (AvgIpc) is 3.49. The Bertz CT molecular complexity index is 1080. The van der Waals surface area contributed by atoms with E-state index in [0.717, 1.165) is 6.42 Å². The highest BCUT2D eigenvalue weighted by molar-refractivity contribution is 7.89. The molecular weight excluding hydrogens is 450 g/mol. The number of nitrogens with one attached hydrogen (secondary N) is 1. The van der Waals surface area contributed by atoms with Crippen LogP contribution in [0.15, 0.2) is 46.7 Å². The van der Waals surface area contributed by atoms with Crippen molar-refractivity contribution in [1.29, 1.82) is 0 Å². The molecule has 0 bridgehead atoms. The average molecular weight is 478 g/mol. The predicted octanol–water partition coefficient (Wildman–Crippen LogP) is 2.19. The SMILES string of the molecule is COc1cccc(S(=O)(=O)N2CCC3(CCN(C(=O)CNC(=O)c4cccs4)C3)CC2)c1. The van der Waals surface area contributed by atoms with Gasteiger partial charge in [0.05, 0.1) is 23.4 Å². The summed E-state index contributed by atoms with van der Waals surface area (Å²) in [6, 6.07) is 10.0. The van der Waals surface area contributed by atoms with Gasteiger partial charge >= 0.3 is 0 Å². The molecule has 1 spiro atoms. The molecule has 1 N–H and O–H groups in total. The molecule has 4 rings (SSSR count). The molecule has 3 heterocycles. The number of rotatable bonds is 6. The quantitative estimate of drug-likeness (QED) is 0.688. The Morgan fingerprint density at radius 2 is 1.88 bits per heavy atom. The molecule has 8 nitrogen and oxygen atoms in total. The van der Waals surface area contributed by atoms with Gasteiger partial charge in [0.25, 0.3) is 5.91 Å². The van der Waals surface area contributed by atoms with Crippen molar-refractivity contribution in [3.63, 3.8) is 0 Å². The maximum absolute atomic E-state index is 13.0. The summed E-state index contributed by atoms with van der Waals surface area (Å²) in [5, 5.41) is 4.51. The molecule has 1 aromatic carbocycles. The topological polar surface area (TPSA) is 96.0 Å². The van der Waals surface area contributed by atoms with Crippen LogP contribution < -0.4 is 10.1 Å². The molecule has 2 amide bonds. The van der Waals surface area contributed by atoms with Gasteiger partial charge in [-0.05, 0) is 48.3 Å². The Morgan fingerprint density at radius 3 is 2.56 bits per heavy atom. The fourth-order valence-electron chi connectivity index (χ4n) is 4.43. The third-order valence-electron chi connectivity index (χ3n) is 6.40. The first kappa shape index (κ1) is 22.8. The number of carbonyl (C=O) groups excluding carboxylic acids is 2. The Balaban J connectivity index is 1.31.